The van der Waals surface area contributed by atoms with Gasteiger partial charge < -0.3 is 15.3 Å². The summed E-state index contributed by atoms with van der Waals surface area (Å²) >= 11 is 6.37. The molecule has 0 heterocycles. The summed E-state index contributed by atoms with van der Waals surface area (Å²) in [4.78, 5) is 11.6. The second-order valence-electron chi connectivity index (χ2n) is 5.02. The van der Waals surface area contributed by atoms with Crippen LogP contribution in [-0.4, -0.2) is 17.3 Å². The van der Waals surface area contributed by atoms with Crippen molar-refractivity contribution >= 4 is 29.4 Å². The lowest BCUT2D eigenvalue weighted by atomic mass is 10.1. The van der Waals surface area contributed by atoms with E-state index in [1.165, 1.54) is 0 Å². The Kier molecular flexibility index (Phi) is 5.60. The lowest BCUT2D eigenvalue weighted by Gasteiger charge is -2.16. The molecule has 2 rings (SSSR count). The molecule has 0 radical (unpaired) electrons. The molecule has 0 aliphatic heterocycles. The molecule has 0 aromatic heterocycles. The molecule has 0 bridgehead atoms. The van der Waals surface area contributed by atoms with Gasteiger partial charge in [-0.15, -0.1) is 0 Å². The molecule has 2 N–H and O–H groups in total. The average molecular weight is 333 g/mol. The maximum atomic E-state index is 11.6. The molecule has 0 fully saturated rings. The molecule has 0 atom stereocenters. The van der Waals surface area contributed by atoms with E-state index in [0.717, 1.165) is 22.9 Å². The molecule has 1 amide bonds. The molecule has 0 unspecified atom stereocenters. The monoisotopic (exact) mass is 332 g/mol. The summed E-state index contributed by atoms with van der Waals surface area (Å²) in [7, 11) is 0. The Balaban J connectivity index is 2.31. The third kappa shape index (κ3) is 4.23. The van der Waals surface area contributed by atoms with Crippen molar-refractivity contribution in [2.24, 2.45) is 5.16 Å². The van der Waals surface area contributed by atoms with E-state index in [0.29, 0.717) is 23.1 Å². The fraction of sp³-hybridized carbons (Fsp3) is 0.176. The first-order valence-electron chi connectivity index (χ1n) is 6.97. The van der Waals surface area contributed by atoms with Gasteiger partial charge in [-0.2, -0.15) is 0 Å². The number of hydrogen-bond donors (Lipinski definition) is 2. The van der Waals surface area contributed by atoms with Crippen LogP contribution in [0.3, 0.4) is 0 Å². The molecule has 0 aliphatic carbocycles. The molecule has 2 aromatic carbocycles. The Bertz CT molecular complexity index is 730. The molecule has 5 nitrogen and oxygen atoms in total. The lowest BCUT2D eigenvalue weighted by molar-refractivity contribution is -0.110. The van der Waals surface area contributed by atoms with Crippen molar-refractivity contribution in [3.63, 3.8) is 0 Å². The van der Waals surface area contributed by atoms with Crippen LogP contribution >= 0.6 is 11.6 Å². The zero-order valence-corrected chi connectivity index (χ0v) is 13.6. The third-order valence-corrected chi connectivity index (χ3v) is 3.84. The maximum absolute atomic E-state index is 11.6. The first kappa shape index (κ1) is 16.8. The number of nitrogens with one attached hydrogen (secondary N) is 1. The summed E-state index contributed by atoms with van der Waals surface area (Å²) in [5.41, 5.74) is 3.21. The first-order valence-corrected chi connectivity index (χ1v) is 7.35. The van der Waals surface area contributed by atoms with Crippen LogP contribution in [0, 0.1) is 13.8 Å². The number of carbonyl (C=O) groups is 1. The molecule has 0 saturated heterocycles. The Labute approximate surface area is 139 Å². The van der Waals surface area contributed by atoms with E-state index in [1.807, 2.05) is 44.2 Å². The van der Waals surface area contributed by atoms with E-state index in [4.69, 9.17) is 21.5 Å². The highest BCUT2D eigenvalue weighted by Gasteiger charge is 2.15. The molecule has 0 saturated carbocycles. The van der Waals surface area contributed by atoms with Gasteiger partial charge in [0.15, 0.2) is 5.75 Å². The van der Waals surface area contributed by atoms with Crippen molar-refractivity contribution < 1.29 is 14.7 Å². The van der Waals surface area contributed by atoms with Crippen molar-refractivity contribution in [2.75, 3.05) is 5.32 Å². The number of halogens is 1. The van der Waals surface area contributed by atoms with Gasteiger partial charge in [-0.25, -0.2) is 0 Å². The van der Waals surface area contributed by atoms with Crippen LogP contribution in [0.4, 0.5) is 5.69 Å². The number of aryl methyl sites for hydroxylation is 1. The first-order chi connectivity index (χ1) is 11.0. The Morgan fingerprint density at radius 3 is 2.70 bits per heavy atom. The highest BCUT2D eigenvalue weighted by atomic mass is 35.5. The van der Waals surface area contributed by atoms with Gasteiger partial charge >= 0.3 is 0 Å². The largest absolute Gasteiger partial charge is 0.485 e. The predicted octanol–water partition coefficient (Wildman–Crippen LogP) is 3.93. The number of benzene rings is 2. The second kappa shape index (κ2) is 7.65. The second-order valence-corrected chi connectivity index (χ2v) is 5.40. The summed E-state index contributed by atoms with van der Waals surface area (Å²) in [6.45, 7) is 4.09. The van der Waals surface area contributed by atoms with Crippen molar-refractivity contribution in [3.05, 3.63) is 58.1 Å². The zero-order chi connectivity index (χ0) is 16.8. The van der Waals surface area contributed by atoms with Crippen molar-refractivity contribution in [3.8, 4) is 5.75 Å². The van der Waals surface area contributed by atoms with Crippen LogP contribution < -0.4 is 10.1 Å². The minimum atomic E-state index is -0.573. The normalized spacial score (nSPS) is 10.7. The smallest absolute Gasteiger partial charge is 0.270 e. The summed E-state index contributed by atoms with van der Waals surface area (Å²) in [5.74, 6) is -0.185. The van der Waals surface area contributed by atoms with E-state index in [9.17, 15) is 4.79 Å². The van der Waals surface area contributed by atoms with Crippen LogP contribution in [0.15, 0.2) is 41.6 Å². The average Bonchev–Trinajstić information content (AvgIpc) is 2.53. The van der Waals surface area contributed by atoms with E-state index in [1.54, 1.807) is 6.07 Å². The van der Waals surface area contributed by atoms with Crippen molar-refractivity contribution in [1.82, 2.24) is 0 Å². The summed E-state index contributed by atoms with van der Waals surface area (Å²) in [6, 6.07) is 11.4. The molecule has 23 heavy (non-hydrogen) atoms. The Morgan fingerprint density at radius 1 is 1.35 bits per heavy atom. The number of ether oxygens (including phenoxy) is 1. The van der Waals surface area contributed by atoms with Gasteiger partial charge in [-0.3, -0.25) is 4.79 Å². The van der Waals surface area contributed by atoms with Crippen LogP contribution in [0.5, 0.6) is 5.75 Å². The molecular weight excluding hydrogens is 316 g/mol. The highest BCUT2D eigenvalue weighted by Crippen LogP contribution is 2.38. The third-order valence-electron chi connectivity index (χ3n) is 3.38. The highest BCUT2D eigenvalue weighted by molar-refractivity contribution is 6.35. The van der Waals surface area contributed by atoms with Crippen molar-refractivity contribution in [1.29, 1.82) is 0 Å². The van der Waals surface area contributed by atoms with Crippen LogP contribution in [-0.2, 0) is 11.4 Å². The minimum absolute atomic E-state index is 0.319. The van der Waals surface area contributed by atoms with E-state index in [2.05, 4.69) is 10.5 Å². The molecule has 120 valence electrons. The topological polar surface area (TPSA) is 70.9 Å². The molecular formula is C17H17ClN2O3. The number of amides is 1. The van der Waals surface area contributed by atoms with E-state index in [-0.39, 0.29) is 0 Å². The maximum Gasteiger partial charge on any atom is 0.270 e. The molecule has 6 heteroatoms. The summed E-state index contributed by atoms with van der Waals surface area (Å²) in [6.07, 6.45) is 0.768. The minimum Gasteiger partial charge on any atom is -0.485 e. The van der Waals surface area contributed by atoms with Crippen LogP contribution in [0.2, 0.25) is 5.02 Å². The summed E-state index contributed by atoms with van der Waals surface area (Å²) < 4.78 is 5.82. The number of hydrogen-bond acceptors (Lipinski definition) is 4. The summed E-state index contributed by atoms with van der Waals surface area (Å²) in [5, 5.41) is 14.2. The number of carbonyl (C=O) groups excluding carboxylic acids is 1. The van der Waals surface area contributed by atoms with Crippen molar-refractivity contribution in [2.45, 2.75) is 20.5 Å². The fourth-order valence-corrected chi connectivity index (χ4v) is 2.34. The van der Waals surface area contributed by atoms with E-state index >= 15 is 0 Å². The number of anilines is 1. The quantitative estimate of drug-likeness (QED) is 0.495. The van der Waals surface area contributed by atoms with Gasteiger partial charge in [0, 0.05) is 0 Å². The van der Waals surface area contributed by atoms with Gasteiger partial charge in [0.2, 0.25) is 0 Å². The van der Waals surface area contributed by atoms with Gasteiger partial charge in [0.25, 0.3) is 5.91 Å². The van der Waals surface area contributed by atoms with Gasteiger partial charge in [-0.05, 0) is 36.6 Å². The number of rotatable bonds is 5. The Hall–Kier alpha value is -2.53. The standard InChI is InChI=1S/C17H17ClN2O3/c1-11-8-14(20-15(21)9-19-22)17(16(18)12(11)2)23-10-13-6-4-3-5-7-13/h3-9,22H,10H2,1-2H3,(H,20,21)/b19-9+. The predicted molar refractivity (Wildman–Crippen MR) is 90.6 cm³/mol. The zero-order valence-electron chi connectivity index (χ0n) is 12.8. The number of nitrogens with zero attached hydrogens (tertiary/aromatic N) is 1. The molecule has 2 aromatic rings. The fourth-order valence-electron chi connectivity index (χ4n) is 2.03. The molecule has 0 spiro atoms. The van der Waals surface area contributed by atoms with Crippen LogP contribution in [0.25, 0.3) is 0 Å². The van der Waals surface area contributed by atoms with Crippen LogP contribution in [0.1, 0.15) is 16.7 Å². The Morgan fingerprint density at radius 2 is 2.04 bits per heavy atom. The van der Waals surface area contributed by atoms with Gasteiger partial charge in [0.1, 0.15) is 12.8 Å². The van der Waals surface area contributed by atoms with Gasteiger partial charge in [0.05, 0.1) is 10.7 Å². The van der Waals surface area contributed by atoms with Gasteiger partial charge in [-0.1, -0.05) is 47.1 Å². The molecule has 0 aliphatic rings. The lowest BCUT2D eigenvalue weighted by Crippen LogP contribution is -2.14. The SMILES string of the molecule is Cc1cc(NC(=O)/C=N/O)c(OCc2ccccc2)c(Cl)c1C. The van der Waals surface area contributed by atoms with E-state index < -0.39 is 5.91 Å². The number of oxime groups is 1.